The zero-order chi connectivity index (χ0) is 12.6. The van der Waals surface area contributed by atoms with Crippen molar-refractivity contribution in [2.75, 3.05) is 0 Å². The lowest BCUT2D eigenvalue weighted by molar-refractivity contribution is -0.146. The van der Waals surface area contributed by atoms with E-state index < -0.39 is 12.1 Å². The molecule has 88 valence electrons. The van der Waals surface area contributed by atoms with E-state index in [1.54, 1.807) is 6.07 Å². The van der Waals surface area contributed by atoms with Gasteiger partial charge in [0.15, 0.2) is 11.7 Å². The molecule has 0 aliphatic carbocycles. The fourth-order valence-corrected chi connectivity index (χ4v) is 1.47. The first-order chi connectivity index (χ1) is 8.00. The van der Waals surface area contributed by atoms with E-state index in [4.69, 9.17) is 9.52 Å². The number of aliphatic carboxylic acids is 1. The summed E-state index contributed by atoms with van der Waals surface area (Å²) in [5.74, 6) is -1.86. The molecule has 0 amide bonds. The zero-order valence-electron chi connectivity index (χ0n) is 8.88. The van der Waals surface area contributed by atoms with Crippen LogP contribution in [0, 0.1) is 0 Å². The fraction of sp³-hybridized carbons (Fsp3) is 0.182. The molecule has 6 heteroatoms. The van der Waals surface area contributed by atoms with Crippen LogP contribution in [0.3, 0.4) is 0 Å². The number of hydrogen-bond donors (Lipinski definition) is 2. The molecule has 0 fully saturated rings. The summed E-state index contributed by atoms with van der Waals surface area (Å²) >= 11 is 0. The number of benzene rings is 1. The van der Waals surface area contributed by atoms with Gasteiger partial charge in [-0.1, -0.05) is 12.1 Å². The van der Waals surface area contributed by atoms with Crippen LogP contribution in [0.25, 0.3) is 11.1 Å². The maximum absolute atomic E-state index is 11.1. The van der Waals surface area contributed by atoms with Gasteiger partial charge >= 0.3 is 5.97 Å². The molecule has 0 aliphatic rings. The fourth-order valence-electron chi connectivity index (χ4n) is 1.47. The van der Waals surface area contributed by atoms with Crippen LogP contribution in [-0.4, -0.2) is 26.9 Å². The van der Waals surface area contributed by atoms with Gasteiger partial charge < -0.3 is 14.6 Å². The second-order valence-electron chi connectivity index (χ2n) is 3.51. The molecule has 1 aromatic carbocycles. The maximum Gasteiger partial charge on any atom is 0.337 e. The molecule has 0 aliphatic heterocycles. The molecule has 0 bridgehead atoms. The third-order valence-corrected chi connectivity index (χ3v) is 2.28. The van der Waals surface area contributed by atoms with Crippen LogP contribution in [0.5, 0.6) is 0 Å². The smallest absolute Gasteiger partial charge is 0.337 e. The van der Waals surface area contributed by atoms with Gasteiger partial charge in [-0.15, -0.1) is 0 Å². The van der Waals surface area contributed by atoms with Gasteiger partial charge in [0.2, 0.25) is 5.78 Å². The summed E-state index contributed by atoms with van der Waals surface area (Å²) in [6.07, 6.45) is -1.70. The summed E-state index contributed by atoms with van der Waals surface area (Å²) in [4.78, 5) is 25.7. The zero-order valence-corrected chi connectivity index (χ0v) is 8.88. The summed E-state index contributed by atoms with van der Waals surface area (Å²) in [6.45, 7) is 1.29. The Hall–Kier alpha value is -2.21. The highest BCUT2D eigenvalue weighted by Gasteiger charge is 2.22. The molecule has 0 saturated heterocycles. The Morgan fingerprint density at radius 2 is 2.12 bits per heavy atom. The molecule has 1 unspecified atom stereocenters. The van der Waals surface area contributed by atoms with E-state index in [1.807, 2.05) is 0 Å². The Balaban J connectivity index is 2.64. The number of nitrogens with zero attached hydrogens (tertiary/aromatic N) is 1. The minimum absolute atomic E-state index is 0.0787. The molecule has 2 N–H and O–H groups in total. The normalized spacial score (nSPS) is 12.6. The van der Waals surface area contributed by atoms with Crippen LogP contribution in [0.15, 0.2) is 22.6 Å². The van der Waals surface area contributed by atoms with Crippen molar-refractivity contribution in [1.29, 1.82) is 0 Å². The van der Waals surface area contributed by atoms with E-state index in [0.717, 1.165) is 0 Å². The standard InChI is InChI=1S/C11H9NO5/c1-5(13)10-12-7-4-2-3-6(9(7)17-10)8(14)11(15)16/h2-4,8,14H,1H3,(H,15,16). The van der Waals surface area contributed by atoms with E-state index in [0.29, 0.717) is 5.52 Å². The van der Waals surface area contributed by atoms with Crippen molar-refractivity contribution in [3.63, 3.8) is 0 Å². The number of carbonyl (C=O) groups is 2. The van der Waals surface area contributed by atoms with Gasteiger partial charge in [0, 0.05) is 12.5 Å². The Labute approximate surface area is 95.5 Å². The first-order valence-corrected chi connectivity index (χ1v) is 4.82. The number of para-hydroxylation sites is 1. The topological polar surface area (TPSA) is 101 Å². The number of ketones is 1. The lowest BCUT2D eigenvalue weighted by Crippen LogP contribution is -2.10. The van der Waals surface area contributed by atoms with Crippen LogP contribution in [-0.2, 0) is 4.79 Å². The number of carboxylic acids is 1. The number of aliphatic hydroxyl groups excluding tert-OH is 1. The summed E-state index contributed by atoms with van der Waals surface area (Å²) in [7, 11) is 0. The largest absolute Gasteiger partial charge is 0.479 e. The first-order valence-electron chi connectivity index (χ1n) is 4.82. The van der Waals surface area contributed by atoms with Crippen LogP contribution >= 0.6 is 0 Å². The van der Waals surface area contributed by atoms with Crippen molar-refractivity contribution >= 4 is 22.9 Å². The number of rotatable bonds is 3. The highest BCUT2D eigenvalue weighted by Crippen LogP contribution is 2.25. The van der Waals surface area contributed by atoms with E-state index >= 15 is 0 Å². The molecule has 0 radical (unpaired) electrons. The Bertz CT molecular complexity index is 601. The first kappa shape index (κ1) is 11.3. The lowest BCUT2D eigenvalue weighted by atomic mass is 10.1. The SMILES string of the molecule is CC(=O)c1nc2cccc(C(O)C(=O)O)c2o1. The van der Waals surface area contributed by atoms with E-state index in [2.05, 4.69) is 4.98 Å². The molecular weight excluding hydrogens is 226 g/mol. The minimum atomic E-state index is -1.70. The molecule has 1 aromatic heterocycles. The second kappa shape index (κ2) is 3.99. The molecule has 2 rings (SSSR count). The van der Waals surface area contributed by atoms with Gasteiger partial charge in [-0.2, -0.15) is 0 Å². The van der Waals surface area contributed by atoms with E-state index in [1.165, 1.54) is 19.1 Å². The molecule has 17 heavy (non-hydrogen) atoms. The highest BCUT2D eigenvalue weighted by molar-refractivity contribution is 5.93. The van der Waals surface area contributed by atoms with Crippen molar-refractivity contribution in [3.8, 4) is 0 Å². The molecule has 2 aromatic rings. The average Bonchev–Trinajstić information content (AvgIpc) is 2.71. The van der Waals surface area contributed by atoms with Crippen molar-refractivity contribution in [1.82, 2.24) is 4.98 Å². The van der Waals surface area contributed by atoms with Gasteiger partial charge in [-0.05, 0) is 6.07 Å². The number of carbonyl (C=O) groups excluding carboxylic acids is 1. The summed E-state index contributed by atoms with van der Waals surface area (Å²) < 4.78 is 5.15. The maximum atomic E-state index is 11.1. The molecular formula is C11H9NO5. The molecule has 0 saturated carbocycles. The van der Waals surface area contributed by atoms with Gasteiger partial charge in [0.1, 0.15) is 5.52 Å². The summed E-state index contributed by atoms with van der Waals surface area (Å²) in [5.41, 5.74) is 0.538. The number of fused-ring (bicyclic) bond motifs is 1. The minimum Gasteiger partial charge on any atom is -0.479 e. The quantitative estimate of drug-likeness (QED) is 0.774. The summed E-state index contributed by atoms with van der Waals surface area (Å²) in [5, 5.41) is 18.2. The van der Waals surface area contributed by atoms with Gasteiger partial charge in [-0.25, -0.2) is 9.78 Å². The van der Waals surface area contributed by atoms with Crippen molar-refractivity contribution < 1.29 is 24.2 Å². The highest BCUT2D eigenvalue weighted by atomic mass is 16.4. The third-order valence-electron chi connectivity index (χ3n) is 2.28. The van der Waals surface area contributed by atoms with Crippen molar-refractivity contribution in [3.05, 3.63) is 29.7 Å². The average molecular weight is 235 g/mol. The molecule has 1 heterocycles. The Kier molecular flexibility index (Phi) is 2.64. The predicted molar refractivity (Wildman–Crippen MR) is 56.6 cm³/mol. The molecule has 6 nitrogen and oxygen atoms in total. The van der Waals surface area contributed by atoms with Crippen LogP contribution in [0.2, 0.25) is 0 Å². The van der Waals surface area contributed by atoms with Crippen LogP contribution in [0.1, 0.15) is 29.3 Å². The summed E-state index contributed by atoms with van der Waals surface area (Å²) in [6, 6.07) is 4.52. The monoisotopic (exact) mass is 235 g/mol. The van der Waals surface area contributed by atoms with Crippen LogP contribution < -0.4 is 0 Å². The van der Waals surface area contributed by atoms with Crippen molar-refractivity contribution in [2.45, 2.75) is 13.0 Å². The number of Topliss-reactive ketones (excluding diaryl/α,β-unsaturated/α-hetero) is 1. The van der Waals surface area contributed by atoms with Gasteiger partial charge in [0.25, 0.3) is 5.89 Å². The molecule has 0 spiro atoms. The Morgan fingerprint density at radius 1 is 1.41 bits per heavy atom. The second-order valence-corrected chi connectivity index (χ2v) is 3.51. The lowest BCUT2D eigenvalue weighted by Gasteiger charge is -2.04. The third kappa shape index (κ3) is 1.90. The van der Waals surface area contributed by atoms with Crippen LogP contribution in [0.4, 0.5) is 0 Å². The molecule has 1 atom stereocenters. The van der Waals surface area contributed by atoms with Crippen molar-refractivity contribution in [2.24, 2.45) is 0 Å². The van der Waals surface area contributed by atoms with Gasteiger partial charge in [0.05, 0.1) is 0 Å². The number of hydrogen-bond acceptors (Lipinski definition) is 5. The predicted octanol–water partition coefficient (Wildman–Crippen LogP) is 1.15. The van der Waals surface area contributed by atoms with E-state index in [-0.39, 0.29) is 22.8 Å². The Morgan fingerprint density at radius 3 is 2.71 bits per heavy atom. The number of aliphatic hydroxyl groups is 1. The van der Waals surface area contributed by atoms with E-state index in [9.17, 15) is 14.7 Å². The number of carboxylic acid groups (broad SMARTS) is 1. The van der Waals surface area contributed by atoms with Gasteiger partial charge in [-0.3, -0.25) is 4.79 Å². The number of oxazole rings is 1. The number of aromatic nitrogens is 1.